The summed E-state index contributed by atoms with van der Waals surface area (Å²) in [6, 6.07) is 10.6. The van der Waals surface area contributed by atoms with Crippen LogP contribution in [0.4, 0.5) is 5.69 Å². The fraction of sp³-hybridized carbons (Fsp3) is 0.294. The Hall–Kier alpha value is -1.90. The molecule has 0 aliphatic carbocycles. The molecule has 2 aromatic rings. The molecule has 0 atom stereocenters. The van der Waals surface area contributed by atoms with E-state index in [4.69, 9.17) is 0 Å². The monoisotopic (exact) mass is 382 g/mol. The first kappa shape index (κ1) is 19.4. The van der Waals surface area contributed by atoms with E-state index in [9.17, 15) is 16.8 Å². The van der Waals surface area contributed by atoms with E-state index >= 15 is 0 Å². The lowest BCUT2D eigenvalue weighted by molar-refractivity contribution is 0.570. The van der Waals surface area contributed by atoms with Crippen LogP contribution >= 0.6 is 0 Å². The van der Waals surface area contributed by atoms with E-state index in [2.05, 4.69) is 9.44 Å². The molecule has 2 N–H and O–H groups in total. The average molecular weight is 383 g/mol. The third-order valence-electron chi connectivity index (χ3n) is 3.44. The molecule has 0 unspecified atom stereocenters. The van der Waals surface area contributed by atoms with Gasteiger partial charge in [0.2, 0.25) is 10.0 Å². The predicted molar refractivity (Wildman–Crippen MR) is 98.6 cm³/mol. The van der Waals surface area contributed by atoms with Gasteiger partial charge >= 0.3 is 0 Å². The van der Waals surface area contributed by atoms with Gasteiger partial charge in [0.25, 0.3) is 10.0 Å². The molecule has 8 heteroatoms. The van der Waals surface area contributed by atoms with Crippen LogP contribution in [-0.2, 0) is 20.0 Å². The van der Waals surface area contributed by atoms with Crippen LogP contribution < -0.4 is 9.44 Å². The minimum atomic E-state index is -3.75. The van der Waals surface area contributed by atoms with Crippen LogP contribution in [0.15, 0.2) is 52.3 Å². The summed E-state index contributed by atoms with van der Waals surface area (Å²) in [5.74, 6) is 0. The number of aryl methyl sites for hydroxylation is 2. The molecule has 0 heterocycles. The summed E-state index contributed by atoms with van der Waals surface area (Å²) < 4.78 is 54.3. The first-order valence-electron chi connectivity index (χ1n) is 7.74. The quantitative estimate of drug-likeness (QED) is 0.803. The third kappa shape index (κ3) is 4.81. The van der Waals surface area contributed by atoms with Crippen molar-refractivity contribution in [1.82, 2.24) is 4.72 Å². The molecule has 0 spiro atoms. The Balaban J connectivity index is 2.28. The number of hydrogen-bond donors (Lipinski definition) is 2. The lowest BCUT2D eigenvalue weighted by Crippen LogP contribution is -2.30. The van der Waals surface area contributed by atoms with Crippen molar-refractivity contribution in [2.45, 2.75) is 43.5 Å². The molecule has 0 aliphatic heterocycles. The molecule has 0 aromatic heterocycles. The molecular formula is C17H22N2O4S2. The van der Waals surface area contributed by atoms with Crippen molar-refractivity contribution >= 4 is 25.7 Å². The third-order valence-corrected chi connectivity index (χ3v) is 6.64. The maximum Gasteiger partial charge on any atom is 0.262 e. The van der Waals surface area contributed by atoms with Gasteiger partial charge in [-0.05, 0) is 69.2 Å². The van der Waals surface area contributed by atoms with Crippen molar-refractivity contribution in [2.24, 2.45) is 0 Å². The summed E-state index contributed by atoms with van der Waals surface area (Å²) in [4.78, 5) is 0.279. The number of benzene rings is 2. The van der Waals surface area contributed by atoms with E-state index in [-0.39, 0.29) is 15.8 Å². The summed E-state index contributed by atoms with van der Waals surface area (Å²) in [7, 11) is -7.36. The van der Waals surface area contributed by atoms with Crippen LogP contribution in [0.3, 0.4) is 0 Å². The minimum Gasteiger partial charge on any atom is -0.280 e. The van der Waals surface area contributed by atoms with Gasteiger partial charge < -0.3 is 0 Å². The first-order valence-corrected chi connectivity index (χ1v) is 10.7. The maximum atomic E-state index is 12.6. The molecule has 2 rings (SSSR count). The highest BCUT2D eigenvalue weighted by Crippen LogP contribution is 2.21. The van der Waals surface area contributed by atoms with Crippen molar-refractivity contribution in [2.75, 3.05) is 4.72 Å². The van der Waals surface area contributed by atoms with Crippen LogP contribution in [0.1, 0.15) is 25.0 Å². The molecule has 0 fully saturated rings. The van der Waals surface area contributed by atoms with E-state index < -0.39 is 20.0 Å². The van der Waals surface area contributed by atoms with E-state index in [0.717, 1.165) is 5.56 Å². The Kier molecular flexibility index (Phi) is 5.55. The highest BCUT2D eigenvalue weighted by atomic mass is 32.2. The Morgan fingerprint density at radius 1 is 0.840 bits per heavy atom. The number of rotatable bonds is 6. The Morgan fingerprint density at radius 3 is 2.00 bits per heavy atom. The van der Waals surface area contributed by atoms with Gasteiger partial charge in [-0.1, -0.05) is 12.1 Å². The van der Waals surface area contributed by atoms with Crippen LogP contribution in [0.5, 0.6) is 0 Å². The number of hydrogen-bond acceptors (Lipinski definition) is 4. The zero-order valence-electron chi connectivity index (χ0n) is 14.6. The molecule has 6 nitrogen and oxygen atoms in total. The predicted octanol–water partition coefficient (Wildman–Crippen LogP) is 2.79. The van der Waals surface area contributed by atoms with E-state index in [1.807, 2.05) is 13.0 Å². The molecule has 0 saturated carbocycles. The fourth-order valence-electron chi connectivity index (χ4n) is 2.29. The van der Waals surface area contributed by atoms with Crippen LogP contribution in [-0.4, -0.2) is 22.9 Å². The SMILES string of the molecule is Cc1ccc(C)c(S(=O)(=O)Nc2ccc(S(=O)(=O)NC(C)C)cc2)c1. The van der Waals surface area contributed by atoms with Crippen molar-refractivity contribution in [3.05, 3.63) is 53.6 Å². The summed E-state index contributed by atoms with van der Waals surface area (Å²) in [6.07, 6.45) is 0. The second-order valence-corrected chi connectivity index (χ2v) is 9.54. The summed E-state index contributed by atoms with van der Waals surface area (Å²) in [5, 5.41) is 0. The van der Waals surface area contributed by atoms with E-state index in [1.165, 1.54) is 24.3 Å². The van der Waals surface area contributed by atoms with Crippen LogP contribution in [0.25, 0.3) is 0 Å². The second-order valence-electron chi connectivity index (χ2n) is 6.17. The normalized spacial score (nSPS) is 12.4. The highest BCUT2D eigenvalue weighted by molar-refractivity contribution is 7.92. The van der Waals surface area contributed by atoms with Gasteiger partial charge in [-0.25, -0.2) is 21.6 Å². The van der Waals surface area contributed by atoms with Gasteiger partial charge in [-0.3, -0.25) is 4.72 Å². The lowest BCUT2D eigenvalue weighted by Gasteiger charge is -2.12. The Morgan fingerprint density at radius 2 is 1.44 bits per heavy atom. The van der Waals surface area contributed by atoms with E-state index in [0.29, 0.717) is 11.3 Å². The van der Waals surface area contributed by atoms with Crippen LogP contribution in [0, 0.1) is 13.8 Å². The Labute approximate surface area is 149 Å². The van der Waals surface area contributed by atoms with Gasteiger partial charge in [-0.2, -0.15) is 0 Å². The zero-order chi connectivity index (χ0) is 18.8. The number of nitrogens with one attached hydrogen (secondary N) is 2. The van der Waals surface area contributed by atoms with Crippen molar-refractivity contribution < 1.29 is 16.8 Å². The minimum absolute atomic E-state index is 0.0795. The van der Waals surface area contributed by atoms with Gasteiger partial charge in [-0.15, -0.1) is 0 Å². The Bertz CT molecular complexity index is 964. The van der Waals surface area contributed by atoms with Gasteiger partial charge in [0, 0.05) is 11.7 Å². The number of anilines is 1. The molecule has 0 radical (unpaired) electrons. The standard InChI is InChI=1S/C17H22N2O4S2/c1-12(2)18-24(20,21)16-9-7-15(8-10-16)19-25(22,23)17-11-13(3)5-6-14(17)4/h5-12,18-19H,1-4H3. The largest absolute Gasteiger partial charge is 0.280 e. The topological polar surface area (TPSA) is 92.3 Å². The van der Waals surface area contributed by atoms with Gasteiger partial charge in [0.15, 0.2) is 0 Å². The molecule has 25 heavy (non-hydrogen) atoms. The van der Waals surface area contributed by atoms with Crippen LogP contribution in [0.2, 0.25) is 0 Å². The molecular weight excluding hydrogens is 360 g/mol. The first-order chi connectivity index (χ1) is 11.5. The lowest BCUT2D eigenvalue weighted by atomic mass is 10.2. The van der Waals surface area contributed by atoms with Gasteiger partial charge in [0.1, 0.15) is 0 Å². The molecule has 0 aliphatic rings. The molecule has 0 amide bonds. The summed E-state index contributed by atoms with van der Waals surface area (Å²) >= 11 is 0. The highest BCUT2D eigenvalue weighted by Gasteiger charge is 2.19. The van der Waals surface area contributed by atoms with Crippen molar-refractivity contribution in [1.29, 1.82) is 0 Å². The van der Waals surface area contributed by atoms with Crippen molar-refractivity contribution in [3.63, 3.8) is 0 Å². The average Bonchev–Trinajstić information content (AvgIpc) is 2.48. The number of sulfonamides is 2. The van der Waals surface area contributed by atoms with E-state index in [1.54, 1.807) is 32.9 Å². The second kappa shape index (κ2) is 7.15. The van der Waals surface area contributed by atoms with Crippen molar-refractivity contribution in [3.8, 4) is 0 Å². The molecule has 136 valence electrons. The molecule has 0 bridgehead atoms. The fourth-order valence-corrected chi connectivity index (χ4v) is 4.93. The zero-order valence-corrected chi connectivity index (χ0v) is 16.2. The van der Waals surface area contributed by atoms with Gasteiger partial charge in [0.05, 0.1) is 9.79 Å². The summed E-state index contributed by atoms with van der Waals surface area (Å²) in [5.41, 5.74) is 1.77. The smallest absolute Gasteiger partial charge is 0.262 e. The molecule has 2 aromatic carbocycles. The molecule has 0 saturated heterocycles. The maximum absolute atomic E-state index is 12.6. The summed E-state index contributed by atoms with van der Waals surface area (Å²) in [6.45, 7) is 7.00.